The average molecular weight is 389 g/mol. The third-order valence-corrected chi connectivity index (χ3v) is 4.74. The summed E-state index contributed by atoms with van der Waals surface area (Å²) in [7, 11) is 0. The van der Waals surface area contributed by atoms with Crippen LogP contribution in [0.4, 0.5) is 11.4 Å². The van der Waals surface area contributed by atoms with Gasteiger partial charge in [-0.2, -0.15) is 0 Å². The number of non-ortho nitro benzene ring substituents is 1. The average Bonchev–Trinajstić information content (AvgIpc) is 3.01. The van der Waals surface area contributed by atoms with E-state index in [0.717, 1.165) is 4.90 Å². The molecule has 2 heterocycles. The van der Waals surface area contributed by atoms with Gasteiger partial charge in [0.15, 0.2) is 6.61 Å². The Morgan fingerprint density at radius 2 is 1.86 bits per heavy atom. The SMILES string of the molecule is O=C(CCN1C(=O)CCC1=O)OCC(=O)N1CCCc2cc([N+](=O)[O-])ccc21. The van der Waals surface area contributed by atoms with Crippen LogP contribution in [0.25, 0.3) is 0 Å². The second-order valence-corrected chi connectivity index (χ2v) is 6.57. The molecule has 28 heavy (non-hydrogen) atoms. The van der Waals surface area contributed by atoms with Crippen molar-refractivity contribution in [1.29, 1.82) is 0 Å². The Hall–Kier alpha value is -3.30. The summed E-state index contributed by atoms with van der Waals surface area (Å²) in [5.41, 5.74) is 1.24. The summed E-state index contributed by atoms with van der Waals surface area (Å²) in [4.78, 5) is 60.2. The summed E-state index contributed by atoms with van der Waals surface area (Å²) in [6, 6.07) is 4.31. The maximum absolute atomic E-state index is 12.4. The quantitative estimate of drug-likeness (QED) is 0.307. The van der Waals surface area contributed by atoms with Crippen molar-refractivity contribution in [3.8, 4) is 0 Å². The first kappa shape index (κ1) is 19.5. The monoisotopic (exact) mass is 389 g/mol. The largest absolute Gasteiger partial charge is 0.455 e. The van der Waals surface area contributed by atoms with Crippen LogP contribution in [0.15, 0.2) is 18.2 Å². The highest BCUT2D eigenvalue weighted by Crippen LogP contribution is 2.30. The number of anilines is 1. The minimum Gasteiger partial charge on any atom is -0.455 e. The zero-order valence-corrected chi connectivity index (χ0v) is 15.1. The van der Waals surface area contributed by atoms with Crippen LogP contribution in [0.3, 0.4) is 0 Å². The molecule has 0 aromatic heterocycles. The van der Waals surface area contributed by atoms with Gasteiger partial charge in [-0.1, -0.05) is 0 Å². The van der Waals surface area contributed by atoms with Gasteiger partial charge in [0.2, 0.25) is 11.8 Å². The number of ether oxygens (including phenoxy) is 1. The van der Waals surface area contributed by atoms with Crippen LogP contribution in [0.1, 0.15) is 31.2 Å². The number of esters is 1. The number of likely N-dealkylation sites (tertiary alicyclic amines) is 1. The first-order valence-electron chi connectivity index (χ1n) is 8.93. The predicted molar refractivity (Wildman–Crippen MR) is 95.3 cm³/mol. The standard InChI is InChI=1S/C18H19N3O7/c22-15-5-6-16(23)20(15)9-7-18(25)28-11-17(24)19-8-1-2-12-10-13(21(26)27)3-4-14(12)19/h3-4,10H,1-2,5-9,11H2. The number of nitro benzene ring substituents is 1. The highest BCUT2D eigenvalue weighted by molar-refractivity contribution is 6.02. The van der Waals surface area contributed by atoms with E-state index in [9.17, 15) is 29.3 Å². The number of nitrogens with zero attached hydrogens (tertiary/aromatic N) is 3. The zero-order chi connectivity index (χ0) is 20.3. The molecule has 0 aliphatic carbocycles. The van der Waals surface area contributed by atoms with Gasteiger partial charge in [-0.05, 0) is 24.5 Å². The van der Waals surface area contributed by atoms with Gasteiger partial charge < -0.3 is 9.64 Å². The van der Waals surface area contributed by atoms with E-state index < -0.39 is 23.4 Å². The van der Waals surface area contributed by atoms with Crippen molar-refractivity contribution in [2.45, 2.75) is 32.1 Å². The molecule has 0 spiro atoms. The summed E-state index contributed by atoms with van der Waals surface area (Å²) in [5, 5.41) is 10.9. The van der Waals surface area contributed by atoms with Gasteiger partial charge in [0.25, 0.3) is 11.6 Å². The van der Waals surface area contributed by atoms with Crippen molar-refractivity contribution >= 4 is 35.1 Å². The van der Waals surface area contributed by atoms with Gasteiger partial charge in [0.1, 0.15) is 0 Å². The molecule has 1 aromatic carbocycles. The Morgan fingerprint density at radius 3 is 2.54 bits per heavy atom. The third-order valence-electron chi connectivity index (χ3n) is 4.74. The van der Waals surface area contributed by atoms with Crippen molar-refractivity contribution in [3.05, 3.63) is 33.9 Å². The molecular formula is C18H19N3O7. The number of fused-ring (bicyclic) bond motifs is 1. The molecule has 10 heteroatoms. The highest BCUT2D eigenvalue weighted by Gasteiger charge is 2.29. The first-order chi connectivity index (χ1) is 13.4. The van der Waals surface area contributed by atoms with E-state index >= 15 is 0 Å². The molecule has 148 valence electrons. The van der Waals surface area contributed by atoms with Crippen molar-refractivity contribution in [2.24, 2.45) is 0 Å². The molecule has 10 nitrogen and oxygen atoms in total. The lowest BCUT2D eigenvalue weighted by Crippen LogP contribution is -2.38. The second-order valence-electron chi connectivity index (χ2n) is 6.57. The third kappa shape index (κ3) is 4.16. The molecular weight excluding hydrogens is 370 g/mol. The lowest BCUT2D eigenvalue weighted by Gasteiger charge is -2.29. The van der Waals surface area contributed by atoms with E-state index in [1.165, 1.54) is 23.1 Å². The molecule has 0 saturated carbocycles. The summed E-state index contributed by atoms with van der Waals surface area (Å²) < 4.78 is 4.98. The minimum absolute atomic E-state index is 0.0366. The normalized spacial score (nSPS) is 16.1. The molecule has 2 aliphatic rings. The number of hydrogen-bond donors (Lipinski definition) is 0. The lowest BCUT2D eigenvalue weighted by molar-refractivity contribution is -0.384. The Morgan fingerprint density at radius 1 is 1.14 bits per heavy atom. The Labute approximate surface area is 160 Å². The zero-order valence-electron chi connectivity index (χ0n) is 15.1. The number of aryl methyl sites for hydroxylation is 1. The predicted octanol–water partition coefficient (Wildman–Crippen LogP) is 0.956. The molecule has 1 saturated heterocycles. The molecule has 0 bridgehead atoms. The molecule has 3 amide bonds. The molecule has 0 N–H and O–H groups in total. The number of benzene rings is 1. The summed E-state index contributed by atoms with van der Waals surface area (Å²) >= 11 is 0. The topological polar surface area (TPSA) is 127 Å². The van der Waals surface area contributed by atoms with Gasteiger partial charge in [-0.25, -0.2) is 0 Å². The van der Waals surface area contributed by atoms with Crippen LogP contribution in [-0.2, 0) is 30.3 Å². The van der Waals surface area contributed by atoms with Crippen LogP contribution >= 0.6 is 0 Å². The van der Waals surface area contributed by atoms with E-state index in [2.05, 4.69) is 0 Å². The molecule has 0 unspecified atom stereocenters. The summed E-state index contributed by atoms with van der Waals surface area (Å²) in [6.45, 7) is -0.101. The van der Waals surface area contributed by atoms with Gasteiger partial charge in [0.05, 0.1) is 11.3 Å². The van der Waals surface area contributed by atoms with Gasteiger partial charge >= 0.3 is 5.97 Å². The fourth-order valence-corrected chi connectivity index (χ4v) is 3.32. The molecule has 2 aliphatic heterocycles. The van der Waals surface area contributed by atoms with E-state index in [4.69, 9.17) is 4.74 Å². The molecule has 1 fully saturated rings. The lowest BCUT2D eigenvalue weighted by atomic mass is 10.0. The molecule has 1 aromatic rings. The Bertz CT molecular complexity index is 836. The van der Waals surface area contributed by atoms with E-state index in [0.29, 0.717) is 30.6 Å². The summed E-state index contributed by atoms with van der Waals surface area (Å²) in [5.74, 6) is -1.74. The Kier molecular flexibility index (Phi) is 5.67. The number of carbonyl (C=O) groups is 4. The molecule has 0 atom stereocenters. The minimum atomic E-state index is -0.679. The number of imide groups is 1. The number of carbonyl (C=O) groups excluding carboxylic acids is 4. The first-order valence-corrected chi connectivity index (χ1v) is 8.93. The number of rotatable bonds is 6. The smallest absolute Gasteiger partial charge is 0.308 e. The van der Waals surface area contributed by atoms with Gasteiger partial charge in [-0.15, -0.1) is 0 Å². The van der Waals surface area contributed by atoms with Crippen LogP contribution in [-0.4, -0.2) is 53.2 Å². The van der Waals surface area contributed by atoms with Gasteiger partial charge in [0, 0.05) is 43.8 Å². The summed E-state index contributed by atoms with van der Waals surface area (Å²) in [6.07, 6.45) is 1.40. The van der Waals surface area contributed by atoms with Crippen molar-refractivity contribution in [3.63, 3.8) is 0 Å². The van der Waals surface area contributed by atoms with Crippen LogP contribution < -0.4 is 4.90 Å². The van der Waals surface area contributed by atoms with E-state index in [-0.39, 0.29) is 43.3 Å². The number of nitro groups is 1. The van der Waals surface area contributed by atoms with Crippen molar-refractivity contribution in [2.75, 3.05) is 24.6 Å². The second kappa shape index (κ2) is 8.15. The fourth-order valence-electron chi connectivity index (χ4n) is 3.32. The maximum atomic E-state index is 12.4. The van der Waals surface area contributed by atoms with Gasteiger partial charge in [-0.3, -0.25) is 34.2 Å². The fraction of sp³-hybridized carbons (Fsp3) is 0.444. The van der Waals surface area contributed by atoms with E-state index in [1.807, 2.05) is 0 Å². The highest BCUT2D eigenvalue weighted by atomic mass is 16.6. The Balaban J connectivity index is 1.54. The van der Waals surface area contributed by atoms with E-state index in [1.54, 1.807) is 0 Å². The van der Waals surface area contributed by atoms with Crippen LogP contribution in [0, 0.1) is 10.1 Å². The van der Waals surface area contributed by atoms with Crippen molar-refractivity contribution < 1.29 is 28.8 Å². The van der Waals surface area contributed by atoms with Crippen LogP contribution in [0.5, 0.6) is 0 Å². The van der Waals surface area contributed by atoms with Crippen LogP contribution in [0.2, 0.25) is 0 Å². The van der Waals surface area contributed by atoms with Crippen molar-refractivity contribution in [1.82, 2.24) is 4.90 Å². The molecule has 3 rings (SSSR count). The number of hydrogen-bond acceptors (Lipinski definition) is 7. The maximum Gasteiger partial charge on any atom is 0.308 e. The number of amides is 3. The molecule has 0 radical (unpaired) electrons.